The van der Waals surface area contributed by atoms with E-state index in [2.05, 4.69) is 26.3 Å². The Morgan fingerprint density at radius 1 is 1.25 bits per heavy atom. The minimum Gasteiger partial charge on any atom is -0.494 e. The van der Waals surface area contributed by atoms with E-state index in [1.54, 1.807) is 23.9 Å². The Kier molecular flexibility index (Phi) is 6.14. The molecule has 7 heteroatoms. The van der Waals surface area contributed by atoms with Crippen molar-refractivity contribution in [2.24, 2.45) is 7.05 Å². The van der Waals surface area contributed by atoms with Gasteiger partial charge in [-0.3, -0.25) is 9.48 Å². The maximum Gasteiger partial charge on any atom is 0.225 e. The van der Waals surface area contributed by atoms with Crippen LogP contribution in [0.2, 0.25) is 0 Å². The molecule has 0 aliphatic rings. The number of carbonyl (C=O) groups is 1. The molecule has 0 bridgehead atoms. The average Bonchev–Trinajstić information content (AvgIpc) is 2.94. The first-order valence-corrected chi connectivity index (χ1v) is 9.60. The first kappa shape index (κ1) is 20.1. The third kappa shape index (κ3) is 4.42. The molecular formula is C21H21BrFN3O2. The highest BCUT2D eigenvalue weighted by atomic mass is 79.9. The quantitative estimate of drug-likeness (QED) is 0.588. The molecule has 0 aliphatic heterocycles. The predicted octanol–water partition coefficient (Wildman–Crippen LogP) is 4.88. The number of amides is 1. The summed E-state index contributed by atoms with van der Waals surface area (Å²) in [7, 11) is 3.22. The maximum absolute atomic E-state index is 13.8. The lowest BCUT2D eigenvalue weighted by atomic mass is 10.1. The fourth-order valence-electron chi connectivity index (χ4n) is 3.08. The molecule has 1 aromatic heterocycles. The summed E-state index contributed by atoms with van der Waals surface area (Å²) in [5.41, 5.74) is 3.43. The SMILES string of the molecule is COc1ccc(CCC(=O)Nc2c(-c3ccc(Br)cc3)c(C)nn2C)cc1F. The van der Waals surface area contributed by atoms with Gasteiger partial charge in [0.05, 0.1) is 12.8 Å². The van der Waals surface area contributed by atoms with Crippen molar-refractivity contribution in [1.29, 1.82) is 0 Å². The number of anilines is 1. The van der Waals surface area contributed by atoms with Crippen molar-refractivity contribution < 1.29 is 13.9 Å². The van der Waals surface area contributed by atoms with Gasteiger partial charge in [0.15, 0.2) is 11.6 Å². The van der Waals surface area contributed by atoms with Gasteiger partial charge in [-0.15, -0.1) is 0 Å². The zero-order chi connectivity index (χ0) is 20.3. The molecule has 0 fully saturated rings. The Bertz CT molecular complexity index is 1000. The van der Waals surface area contributed by atoms with Crippen LogP contribution >= 0.6 is 15.9 Å². The van der Waals surface area contributed by atoms with E-state index < -0.39 is 5.82 Å². The van der Waals surface area contributed by atoms with Crippen LogP contribution in [0.15, 0.2) is 46.9 Å². The van der Waals surface area contributed by atoms with E-state index in [0.717, 1.165) is 26.9 Å². The fraction of sp³-hybridized carbons (Fsp3) is 0.238. The summed E-state index contributed by atoms with van der Waals surface area (Å²) in [4.78, 5) is 12.5. The van der Waals surface area contributed by atoms with Gasteiger partial charge in [0.2, 0.25) is 5.91 Å². The van der Waals surface area contributed by atoms with E-state index in [0.29, 0.717) is 12.2 Å². The van der Waals surface area contributed by atoms with E-state index in [9.17, 15) is 9.18 Å². The van der Waals surface area contributed by atoms with Crippen molar-refractivity contribution >= 4 is 27.7 Å². The highest BCUT2D eigenvalue weighted by Gasteiger charge is 2.17. The molecular weight excluding hydrogens is 425 g/mol. The number of carbonyl (C=O) groups excluding carboxylic acids is 1. The van der Waals surface area contributed by atoms with Crippen molar-refractivity contribution in [2.75, 3.05) is 12.4 Å². The van der Waals surface area contributed by atoms with E-state index in [1.165, 1.54) is 13.2 Å². The van der Waals surface area contributed by atoms with Gasteiger partial charge in [-0.05, 0) is 48.7 Å². The summed E-state index contributed by atoms with van der Waals surface area (Å²) in [5.74, 6) is 0.251. The number of halogens is 2. The minimum absolute atomic E-state index is 0.155. The number of nitrogens with one attached hydrogen (secondary N) is 1. The van der Waals surface area contributed by atoms with E-state index >= 15 is 0 Å². The van der Waals surface area contributed by atoms with Gasteiger partial charge < -0.3 is 10.1 Å². The second kappa shape index (κ2) is 8.56. The number of nitrogens with zero attached hydrogens (tertiary/aromatic N) is 2. The predicted molar refractivity (Wildman–Crippen MR) is 111 cm³/mol. The summed E-state index contributed by atoms with van der Waals surface area (Å²) in [5, 5.41) is 7.39. The largest absolute Gasteiger partial charge is 0.494 e. The number of hydrogen-bond acceptors (Lipinski definition) is 3. The van der Waals surface area contributed by atoms with Crippen LogP contribution in [-0.4, -0.2) is 22.8 Å². The lowest BCUT2D eigenvalue weighted by Gasteiger charge is -2.10. The van der Waals surface area contributed by atoms with Crippen LogP contribution in [0.25, 0.3) is 11.1 Å². The standard InChI is InChI=1S/C21H21BrFN3O2/c1-13-20(15-6-8-16(22)9-7-15)21(26(2)25-13)24-19(27)11-5-14-4-10-18(28-3)17(23)12-14/h4,6-10,12H,5,11H2,1-3H3,(H,24,27). The van der Waals surface area contributed by atoms with Crippen LogP contribution in [0.4, 0.5) is 10.2 Å². The molecule has 28 heavy (non-hydrogen) atoms. The van der Waals surface area contributed by atoms with Crippen LogP contribution in [0.5, 0.6) is 5.75 Å². The second-order valence-electron chi connectivity index (χ2n) is 6.46. The van der Waals surface area contributed by atoms with Crippen LogP contribution in [0.3, 0.4) is 0 Å². The Morgan fingerprint density at radius 2 is 1.96 bits per heavy atom. The van der Waals surface area contributed by atoms with Crippen LogP contribution in [-0.2, 0) is 18.3 Å². The zero-order valence-electron chi connectivity index (χ0n) is 15.9. The molecule has 0 aliphatic carbocycles. The molecule has 5 nitrogen and oxygen atoms in total. The second-order valence-corrected chi connectivity index (χ2v) is 7.37. The average molecular weight is 446 g/mol. The summed E-state index contributed by atoms with van der Waals surface area (Å²) in [6.45, 7) is 1.91. The molecule has 1 N–H and O–H groups in total. The fourth-order valence-corrected chi connectivity index (χ4v) is 3.35. The van der Waals surface area contributed by atoms with Crippen molar-refractivity contribution in [2.45, 2.75) is 19.8 Å². The van der Waals surface area contributed by atoms with Crippen molar-refractivity contribution in [3.05, 3.63) is 64.0 Å². The molecule has 3 aromatic rings. The molecule has 0 saturated carbocycles. The van der Waals surface area contributed by atoms with Gasteiger partial charge in [-0.2, -0.15) is 5.10 Å². The van der Waals surface area contributed by atoms with Crippen molar-refractivity contribution in [3.8, 4) is 16.9 Å². The lowest BCUT2D eigenvalue weighted by molar-refractivity contribution is -0.116. The Hall–Kier alpha value is -2.67. The molecule has 1 heterocycles. The monoisotopic (exact) mass is 445 g/mol. The van der Waals surface area contributed by atoms with Crippen molar-refractivity contribution in [3.63, 3.8) is 0 Å². The number of methoxy groups -OCH3 is 1. The Morgan fingerprint density at radius 3 is 2.61 bits per heavy atom. The van der Waals surface area contributed by atoms with Gasteiger partial charge in [0.25, 0.3) is 0 Å². The van der Waals surface area contributed by atoms with Crippen LogP contribution in [0.1, 0.15) is 17.7 Å². The molecule has 0 spiro atoms. The molecule has 0 unspecified atom stereocenters. The van der Waals surface area contributed by atoms with Gasteiger partial charge in [0, 0.05) is 23.5 Å². The first-order valence-electron chi connectivity index (χ1n) is 8.81. The highest BCUT2D eigenvalue weighted by molar-refractivity contribution is 9.10. The van der Waals surface area contributed by atoms with Crippen LogP contribution in [0, 0.1) is 12.7 Å². The lowest BCUT2D eigenvalue weighted by Crippen LogP contribution is -2.15. The number of aryl methyl sites for hydroxylation is 3. The summed E-state index contributed by atoms with van der Waals surface area (Å²) in [6.07, 6.45) is 0.660. The summed E-state index contributed by atoms with van der Waals surface area (Å²) in [6, 6.07) is 12.6. The maximum atomic E-state index is 13.8. The van der Waals surface area contributed by atoms with E-state index in [4.69, 9.17) is 4.74 Å². The van der Waals surface area contributed by atoms with Crippen molar-refractivity contribution in [1.82, 2.24) is 9.78 Å². The number of aromatic nitrogens is 2. The van der Waals surface area contributed by atoms with Gasteiger partial charge in [-0.1, -0.05) is 34.1 Å². The summed E-state index contributed by atoms with van der Waals surface area (Å²) < 4.78 is 21.4. The molecule has 0 radical (unpaired) electrons. The highest BCUT2D eigenvalue weighted by Crippen LogP contribution is 2.32. The molecule has 1 amide bonds. The Labute approximate surface area is 171 Å². The van der Waals surface area contributed by atoms with Crippen LogP contribution < -0.4 is 10.1 Å². The normalized spacial score (nSPS) is 10.8. The third-order valence-corrected chi connectivity index (χ3v) is 5.00. The smallest absolute Gasteiger partial charge is 0.225 e. The number of hydrogen-bond donors (Lipinski definition) is 1. The number of benzene rings is 2. The third-order valence-electron chi connectivity index (χ3n) is 4.47. The zero-order valence-corrected chi connectivity index (χ0v) is 17.5. The van der Waals surface area contributed by atoms with E-state index in [1.807, 2.05) is 31.2 Å². The van der Waals surface area contributed by atoms with Gasteiger partial charge >= 0.3 is 0 Å². The molecule has 3 rings (SSSR count). The molecule has 2 aromatic carbocycles. The summed E-state index contributed by atoms with van der Waals surface area (Å²) >= 11 is 3.43. The minimum atomic E-state index is -0.430. The van der Waals surface area contributed by atoms with E-state index in [-0.39, 0.29) is 18.1 Å². The topological polar surface area (TPSA) is 56.1 Å². The molecule has 0 saturated heterocycles. The van der Waals surface area contributed by atoms with Gasteiger partial charge in [0.1, 0.15) is 5.82 Å². The molecule has 146 valence electrons. The first-order chi connectivity index (χ1) is 13.4. The molecule has 0 atom stereocenters. The Balaban J connectivity index is 1.74. The number of ether oxygens (including phenoxy) is 1. The number of rotatable bonds is 6. The van der Waals surface area contributed by atoms with Gasteiger partial charge in [-0.25, -0.2) is 4.39 Å².